The summed E-state index contributed by atoms with van der Waals surface area (Å²) in [6.07, 6.45) is 0.470. The summed E-state index contributed by atoms with van der Waals surface area (Å²) in [6, 6.07) is 10.4. The van der Waals surface area contributed by atoms with E-state index in [2.05, 4.69) is 0 Å². The summed E-state index contributed by atoms with van der Waals surface area (Å²) < 4.78 is 34.5. The lowest BCUT2D eigenvalue weighted by molar-refractivity contribution is 0.112. The van der Waals surface area contributed by atoms with Crippen LogP contribution in [0.5, 0.6) is 11.5 Å². The Kier molecular flexibility index (Phi) is 4.13. The summed E-state index contributed by atoms with van der Waals surface area (Å²) in [4.78, 5) is 11.0. The minimum Gasteiger partial charge on any atom is -0.491 e. The number of nitrogen functional groups attached to an aromatic ring is 1. The summed E-state index contributed by atoms with van der Waals surface area (Å²) >= 11 is 0. The number of ether oxygens (including phenoxy) is 1. The molecule has 0 aliphatic rings. The Bertz CT molecular complexity index is 756. The van der Waals surface area contributed by atoms with Crippen LogP contribution in [0.25, 0.3) is 0 Å². The molecule has 0 aliphatic heterocycles. The van der Waals surface area contributed by atoms with Crippen molar-refractivity contribution in [2.75, 3.05) is 12.8 Å². The molecule has 2 rings (SSSR count). The Morgan fingerprint density at radius 1 is 1.05 bits per heavy atom. The molecule has 0 saturated heterocycles. The zero-order valence-electron chi connectivity index (χ0n) is 11.1. The average molecular weight is 307 g/mol. The molecule has 0 aromatic heterocycles. The largest absolute Gasteiger partial charge is 0.491 e. The SMILES string of the molecule is COc1c(N)ccc(C=O)c1OS(=O)(=O)c1ccccc1. The maximum Gasteiger partial charge on any atom is 0.339 e. The van der Waals surface area contributed by atoms with E-state index in [0.717, 1.165) is 0 Å². The van der Waals surface area contributed by atoms with Crippen LogP contribution in [0.3, 0.4) is 0 Å². The highest BCUT2D eigenvalue weighted by atomic mass is 32.2. The molecule has 0 fully saturated rings. The number of hydrogen-bond donors (Lipinski definition) is 1. The monoisotopic (exact) mass is 307 g/mol. The molecule has 0 aliphatic carbocycles. The van der Waals surface area contributed by atoms with Gasteiger partial charge in [-0.25, -0.2) is 0 Å². The van der Waals surface area contributed by atoms with Gasteiger partial charge >= 0.3 is 10.1 Å². The minimum absolute atomic E-state index is 0.000828. The molecule has 2 N–H and O–H groups in total. The highest BCUT2D eigenvalue weighted by molar-refractivity contribution is 7.87. The first-order valence-corrected chi connectivity index (χ1v) is 7.31. The molecule has 21 heavy (non-hydrogen) atoms. The van der Waals surface area contributed by atoms with Gasteiger partial charge in [0, 0.05) is 0 Å². The second-order valence-corrected chi connectivity index (χ2v) is 5.62. The summed E-state index contributed by atoms with van der Waals surface area (Å²) in [6.45, 7) is 0. The van der Waals surface area contributed by atoms with Crippen molar-refractivity contribution in [1.29, 1.82) is 0 Å². The molecule has 2 aromatic carbocycles. The smallest absolute Gasteiger partial charge is 0.339 e. The molecule has 2 aromatic rings. The van der Waals surface area contributed by atoms with Crippen LogP contribution in [0.1, 0.15) is 10.4 Å². The van der Waals surface area contributed by atoms with Crippen LogP contribution in [-0.2, 0) is 10.1 Å². The Balaban J connectivity index is 2.53. The summed E-state index contributed by atoms with van der Waals surface area (Å²) in [5, 5.41) is 0. The first kappa shape index (κ1) is 14.9. The van der Waals surface area contributed by atoms with E-state index in [0.29, 0.717) is 6.29 Å². The summed E-state index contributed by atoms with van der Waals surface area (Å²) in [5.74, 6) is -0.226. The van der Waals surface area contributed by atoms with Crippen LogP contribution in [0.15, 0.2) is 47.4 Å². The highest BCUT2D eigenvalue weighted by Crippen LogP contribution is 2.37. The van der Waals surface area contributed by atoms with E-state index in [9.17, 15) is 13.2 Å². The van der Waals surface area contributed by atoms with Crippen molar-refractivity contribution in [3.05, 3.63) is 48.0 Å². The lowest BCUT2D eigenvalue weighted by atomic mass is 10.2. The van der Waals surface area contributed by atoms with Crippen molar-refractivity contribution in [3.8, 4) is 11.5 Å². The van der Waals surface area contributed by atoms with E-state index in [1.54, 1.807) is 18.2 Å². The van der Waals surface area contributed by atoms with E-state index in [-0.39, 0.29) is 27.6 Å². The number of rotatable bonds is 5. The van der Waals surface area contributed by atoms with E-state index in [1.807, 2.05) is 0 Å². The second-order valence-electron chi connectivity index (χ2n) is 4.07. The van der Waals surface area contributed by atoms with Crippen molar-refractivity contribution in [3.63, 3.8) is 0 Å². The number of benzene rings is 2. The molecule has 0 bridgehead atoms. The molecule has 0 saturated carbocycles. The van der Waals surface area contributed by atoms with Gasteiger partial charge in [0.2, 0.25) is 0 Å². The molecule has 6 nitrogen and oxygen atoms in total. The molecular formula is C14H13NO5S. The number of hydrogen-bond acceptors (Lipinski definition) is 6. The molecule has 0 radical (unpaired) electrons. The predicted molar refractivity (Wildman–Crippen MR) is 77.0 cm³/mol. The van der Waals surface area contributed by atoms with Gasteiger partial charge < -0.3 is 14.7 Å². The quantitative estimate of drug-likeness (QED) is 0.514. The molecule has 110 valence electrons. The zero-order valence-corrected chi connectivity index (χ0v) is 12.0. The van der Waals surface area contributed by atoms with Crippen molar-refractivity contribution < 1.29 is 22.1 Å². The van der Waals surface area contributed by atoms with Gasteiger partial charge in [0.1, 0.15) is 4.90 Å². The summed E-state index contributed by atoms with van der Waals surface area (Å²) in [5.41, 5.74) is 5.89. The fourth-order valence-corrected chi connectivity index (χ4v) is 2.71. The lowest BCUT2D eigenvalue weighted by Crippen LogP contribution is -2.12. The van der Waals surface area contributed by atoms with E-state index in [1.165, 1.54) is 31.4 Å². The van der Waals surface area contributed by atoms with E-state index >= 15 is 0 Å². The van der Waals surface area contributed by atoms with Gasteiger partial charge in [-0.05, 0) is 24.3 Å². The van der Waals surface area contributed by atoms with Crippen molar-refractivity contribution in [2.24, 2.45) is 0 Å². The molecule has 0 heterocycles. The standard InChI is InChI=1S/C14H13NO5S/c1-19-14-12(15)8-7-10(9-16)13(14)20-21(17,18)11-5-3-2-4-6-11/h2-9H,15H2,1H3. The van der Waals surface area contributed by atoms with Crippen LogP contribution in [0.4, 0.5) is 5.69 Å². The number of carbonyl (C=O) groups is 1. The lowest BCUT2D eigenvalue weighted by Gasteiger charge is -2.14. The Morgan fingerprint density at radius 3 is 2.29 bits per heavy atom. The third-order valence-corrected chi connectivity index (χ3v) is 3.96. The Hall–Kier alpha value is -2.54. The van der Waals surface area contributed by atoms with Crippen molar-refractivity contribution in [1.82, 2.24) is 0 Å². The second kappa shape index (κ2) is 5.84. The molecule has 0 unspecified atom stereocenters. The highest BCUT2D eigenvalue weighted by Gasteiger charge is 2.22. The van der Waals surface area contributed by atoms with Crippen LogP contribution in [0.2, 0.25) is 0 Å². The third kappa shape index (κ3) is 2.97. The number of methoxy groups -OCH3 is 1. The maximum absolute atomic E-state index is 12.2. The first-order chi connectivity index (χ1) is 9.99. The van der Waals surface area contributed by atoms with Crippen LogP contribution >= 0.6 is 0 Å². The Labute approximate surface area is 122 Å². The molecule has 7 heteroatoms. The topological polar surface area (TPSA) is 95.7 Å². The minimum atomic E-state index is -4.09. The fraction of sp³-hybridized carbons (Fsp3) is 0.0714. The van der Waals surface area contributed by atoms with E-state index < -0.39 is 10.1 Å². The summed E-state index contributed by atoms with van der Waals surface area (Å²) in [7, 11) is -2.78. The van der Waals surface area contributed by atoms with Gasteiger partial charge in [-0.2, -0.15) is 8.42 Å². The van der Waals surface area contributed by atoms with Gasteiger partial charge in [-0.1, -0.05) is 18.2 Å². The first-order valence-electron chi connectivity index (χ1n) is 5.91. The number of nitrogens with two attached hydrogens (primary N) is 1. The maximum atomic E-state index is 12.2. The Morgan fingerprint density at radius 2 is 1.71 bits per heavy atom. The van der Waals surface area contributed by atoms with Gasteiger partial charge in [-0.3, -0.25) is 4.79 Å². The van der Waals surface area contributed by atoms with Gasteiger partial charge in [-0.15, -0.1) is 0 Å². The molecule has 0 amide bonds. The number of anilines is 1. The van der Waals surface area contributed by atoms with E-state index in [4.69, 9.17) is 14.7 Å². The van der Waals surface area contributed by atoms with Crippen molar-refractivity contribution in [2.45, 2.75) is 4.90 Å². The number of carbonyl (C=O) groups excluding carboxylic acids is 1. The zero-order chi connectivity index (χ0) is 15.5. The number of aldehydes is 1. The van der Waals surface area contributed by atoms with Gasteiger partial charge in [0.25, 0.3) is 0 Å². The average Bonchev–Trinajstić information content (AvgIpc) is 2.48. The van der Waals surface area contributed by atoms with Crippen LogP contribution < -0.4 is 14.7 Å². The van der Waals surface area contributed by atoms with Crippen molar-refractivity contribution >= 4 is 22.1 Å². The molecular weight excluding hydrogens is 294 g/mol. The van der Waals surface area contributed by atoms with Gasteiger partial charge in [0.05, 0.1) is 18.4 Å². The molecule has 0 atom stereocenters. The van der Waals surface area contributed by atoms with Crippen LogP contribution in [-0.4, -0.2) is 21.8 Å². The fourth-order valence-electron chi connectivity index (χ4n) is 1.73. The molecule has 0 spiro atoms. The normalized spacial score (nSPS) is 10.9. The van der Waals surface area contributed by atoms with Crippen LogP contribution in [0, 0.1) is 0 Å². The third-order valence-electron chi connectivity index (χ3n) is 2.73. The predicted octanol–water partition coefficient (Wildman–Crippen LogP) is 1.86. The van der Waals surface area contributed by atoms with Gasteiger partial charge in [0.15, 0.2) is 17.8 Å².